The van der Waals surface area contributed by atoms with Crippen molar-refractivity contribution in [3.05, 3.63) is 18.2 Å². The van der Waals surface area contributed by atoms with E-state index in [1.807, 2.05) is 33.9 Å². The van der Waals surface area contributed by atoms with Gasteiger partial charge in [0.25, 0.3) is 5.78 Å². The summed E-state index contributed by atoms with van der Waals surface area (Å²) in [5.74, 6) is -1.86. The van der Waals surface area contributed by atoms with Crippen molar-refractivity contribution in [3.63, 3.8) is 0 Å². The molecule has 0 fully saturated rings. The number of methoxy groups -OCH3 is 1. The topological polar surface area (TPSA) is 107 Å². The Morgan fingerprint density at radius 2 is 1.53 bits per heavy atom. The molecule has 0 spiro atoms. The van der Waals surface area contributed by atoms with Crippen LogP contribution in [0, 0.1) is 0 Å². The first kappa shape index (κ1) is 30.6. The molecule has 184 valence electrons. The Bertz CT molecular complexity index is 732. The summed E-state index contributed by atoms with van der Waals surface area (Å²) in [7, 11) is -3.58. The largest absolute Gasteiger partial charge is 0.460 e. The van der Waals surface area contributed by atoms with Gasteiger partial charge in [0.15, 0.2) is 16.6 Å². The standard InChI is InChI=1S/C22H42N2O6Si2/c1-13-14-28-16(15-29-31(9,10)21(2,3)4)19(30-32(11,12)22(5,6)7)18(25)17(24-23)20(26)27-8/h13,16,19H,1,14-15H2,2-12H3/t16-,19+/m1/s1. The molecule has 0 aliphatic rings. The summed E-state index contributed by atoms with van der Waals surface area (Å²) >= 11 is 0. The molecule has 0 aliphatic heterocycles. The summed E-state index contributed by atoms with van der Waals surface area (Å²) in [4.78, 5) is 28.3. The van der Waals surface area contributed by atoms with Gasteiger partial charge in [0, 0.05) is 0 Å². The fourth-order valence-electron chi connectivity index (χ4n) is 2.14. The number of hydrogen-bond acceptors (Lipinski definition) is 6. The van der Waals surface area contributed by atoms with Gasteiger partial charge in [-0.25, -0.2) is 4.79 Å². The average molecular weight is 487 g/mol. The summed E-state index contributed by atoms with van der Waals surface area (Å²) < 4.78 is 23.3. The highest BCUT2D eigenvalue weighted by atomic mass is 28.4. The molecule has 8 nitrogen and oxygen atoms in total. The van der Waals surface area contributed by atoms with E-state index in [1.165, 1.54) is 0 Å². The minimum Gasteiger partial charge on any atom is -0.460 e. The van der Waals surface area contributed by atoms with Crippen LogP contribution in [0.25, 0.3) is 5.53 Å². The van der Waals surface area contributed by atoms with E-state index in [0.29, 0.717) is 0 Å². The molecule has 0 unspecified atom stereocenters. The highest BCUT2D eigenvalue weighted by molar-refractivity contribution is 6.75. The van der Waals surface area contributed by atoms with Crippen molar-refractivity contribution in [2.45, 2.75) is 90.0 Å². The Morgan fingerprint density at radius 3 is 1.91 bits per heavy atom. The molecule has 0 N–H and O–H groups in total. The molecule has 0 bridgehead atoms. The van der Waals surface area contributed by atoms with Crippen LogP contribution >= 0.6 is 0 Å². The predicted octanol–water partition coefficient (Wildman–Crippen LogP) is 4.38. The molecule has 0 saturated carbocycles. The molecule has 0 radical (unpaired) electrons. The maximum absolute atomic E-state index is 13.4. The zero-order chi connectivity index (χ0) is 25.5. The lowest BCUT2D eigenvalue weighted by atomic mass is 10.1. The monoisotopic (exact) mass is 486 g/mol. The molecular formula is C22H42N2O6Si2. The van der Waals surface area contributed by atoms with Crippen molar-refractivity contribution in [1.82, 2.24) is 0 Å². The van der Waals surface area contributed by atoms with Crippen molar-refractivity contribution < 1.29 is 32.7 Å². The number of rotatable bonds is 12. The fourth-order valence-corrected chi connectivity index (χ4v) is 4.40. The molecule has 0 aromatic rings. The quantitative estimate of drug-likeness (QED) is 0.0770. The molecule has 0 saturated heterocycles. The maximum atomic E-state index is 13.4. The molecule has 0 heterocycles. The van der Waals surface area contributed by atoms with Gasteiger partial charge in [0.2, 0.25) is 0 Å². The van der Waals surface area contributed by atoms with E-state index < -0.39 is 46.3 Å². The van der Waals surface area contributed by atoms with Crippen LogP contribution in [0.2, 0.25) is 36.3 Å². The number of ether oxygens (including phenoxy) is 2. The molecular weight excluding hydrogens is 444 g/mol. The Labute approximate surface area is 195 Å². The number of nitrogens with zero attached hydrogens (tertiary/aromatic N) is 2. The van der Waals surface area contributed by atoms with Gasteiger partial charge in [-0.05, 0) is 36.3 Å². The Hall–Kier alpha value is -1.43. The number of ketones is 1. The van der Waals surface area contributed by atoms with Crippen LogP contribution in [-0.4, -0.2) is 71.4 Å². The van der Waals surface area contributed by atoms with Crippen LogP contribution < -0.4 is 0 Å². The summed E-state index contributed by atoms with van der Waals surface area (Å²) in [6.45, 7) is 24.5. The normalized spacial score (nSPS) is 14.8. The van der Waals surface area contributed by atoms with E-state index in [1.54, 1.807) is 6.08 Å². The van der Waals surface area contributed by atoms with E-state index in [-0.39, 0.29) is 23.3 Å². The van der Waals surface area contributed by atoms with Gasteiger partial charge in [0.1, 0.15) is 12.2 Å². The maximum Gasteiger partial charge on any atom is 0.444 e. The minimum absolute atomic E-state index is 0.0560. The van der Waals surface area contributed by atoms with Crippen molar-refractivity contribution in [2.75, 3.05) is 20.3 Å². The molecule has 0 amide bonds. The smallest absolute Gasteiger partial charge is 0.444 e. The number of carbonyl (C=O) groups is 2. The van der Waals surface area contributed by atoms with E-state index in [2.05, 4.69) is 50.0 Å². The number of carbonyl (C=O) groups excluding carboxylic acids is 2. The lowest BCUT2D eigenvalue weighted by Crippen LogP contribution is -2.55. The van der Waals surface area contributed by atoms with E-state index in [4.69, 9.17) is 13.6 Å². The van der Waals surface area contributed by atoms with E-state index in [0.717, 1.165) is 7.11 Å². The summed E-state index contributed by atoms with van der Waals surface area (Å²) in [5.41, 5.74) is 8.63. The van der Waals surface area contributed by atoms with Crippen molar-refractivity contribution in [1.29, 1.82) is 0 Å². The fraction of sp³-hybridized carbons (Fsp3) is 0.773. The highest BCUT2D eigenvalue weighted by Gasteiger charge is 2.48. The Balaban J connectivity index is 6.34. The highest BCUT2D eigenvalue weighted by Crippen LogP contribution is 2.39. The zero-order valence-electron chi connectivity index (χ0n) is 21.7. The third kappa shape index (κ3) is 8.17. The average Bonchev–Trinajstić information content (AvgIpc) is 2.65. The summed E-state index contributed by atoms with van der Waals surface area (Å²) in [6.07, 6.45) is -0.495. The van der Waals surface area contributed by atoms with Crippen LogP contribution in [-0.2, 0) is 27.9 Å². The van der Waals surface area contributed by atoms with Crippen molar-refractivity contribution >= 4 is 34.1 Å². The molecule has 0 aromatic heterocycles. The van der Waals surface area contributed by atoms with Crippen LogP contribution in [0.1, 0.15) is 41.5 Å². The summed E-state index contributed by atoms with van der Waals surface area (Å²) in [5, 5.41) is -0.282. The van der Waals surface area contributed by atoms with Crippen LogP contribution in [0.5, 0.6) is 0 Å². The van der Waals surface area contributed by atoms with E-state index >= 15 is 0 Å². The lowest BCUT2D eigenvalue weighted by molar-refractivity contribution is -0.143. The number of Topliss-reactive ketones (excluding diaryl/α,β-unsaturated/α-hetero) is 1. The molecule has 0 rings (SSSR count). The van der Waals surface area contributed by atoms with Gasteiger partial charge < -0.3 is 23.9 Å². The number of esters is 1. The van der Waals surface area contributed by atoms with Crippen molar-refractivity contribution in [3.8, 4) is 0 Å². The predicted molar refractivity (Wildman–Crippen MR) is 131 cm³/mol. The lowest BCUT2D eigenvalue weighted by Gasteiger charge is -2.41. The van der Waals surface area contributed by atoms with Gasteiger partial charge in [0.05, 0.1) is 20.3 Å². The number of hydrogen-bond donors (Lipinski definition) is 0. The second-order valence-electron chi connectivity index (χ2n) is 10.8. The Kier molecular flexibility index (Phi) is 11.1. The first-order chi connectivity index (χ1) is 14.4. The SMILES string of the molecule is C=CCO[C@H](CO[Si](C)(C)C(C)(C)C)[C@H](O[Si](C)(C)C(C)(C)C)C(=O)C(=[N+]=[N-])C(=O)OC. The van der Waals surface area contributed by atoms with Gasteiger partial charge in [-0.1, -0.05) is 47.6 Å². The minimum atomic E-state index is -2.51. The second kappa shape index (κ2) is 11.6. The van der Waals surface area contributed by atoms with Gasteiger partial charge in [-0.3, -0.25) is 4.79 Å². The van der Waals surface area contributed by atoms with Crippen LogP contribution in [0.4, 0.5) is 0 Å². The molecule has 2 atom stereocenters. The molecule has 0 aromatic carbocycles. The third-order valence-electron chi connectivity index (χ3n) is 6.38. The first-order valence-electron chi connectivity index (χ1n) is 10.7. The molecule has 10 heteroatoms. The summed E-state index contributed by atoms with van der Waals surface area (Å²) in [6, 6.07) is 0. The second-order valence-corrected chi connectivity index (χ2v) is 20.4. The van der Waals surface area contributed by atoms with E-state index in [9.17, 15) is 15.1 Å². The third-order valence-corrected chi connectivity index (χ3v) is 15.3. The molecule has 32 heavy (non-hydrogen) atoms. The van der Waals surface area contributed by atoms with Gasteiger partial charge in [-0.15, -0.1) is 6.58 Å². The zero-order valence-corrected chi connectivity index (χ0v) is 23.7. The van der Waals surface area contributed by atoms with Crippen molar-refractivity contribution in [2.24, 2.45) is 0 Å². The Morgan fingerprint density at radius 1 is 1.03 bits per heavy atom. The van der Waals surface area contributed by atoms with Gasteiger partial charge in [-0.2, -0.15) is 4.79 Å². The van der Waals surface area contributed by atoms with Crippen LogP contribution in [0.15, 0.2) is 12.7 Å². The first-order valence-corrected chi connectivity index (χ1v) is 16.6. The van der Waals surface area contributed by atoms with Crippen LogP contribution in [0.3, 0.4) is 0 Å². The molecule has 0 aliphatic carbocycles. The van der Waals surface area contributed by atoms with Gasteiger partial charge >= 0.3 is 11.7 Å².